The third-order valence-corrected chi connectivity index (χ3v) is 4.65. The Balaban J connectivity index is 1.77. The summed E-state index contributed by atoms with van der Waals surface area (Å²) in [5.74, 6) is 0.902. The van der Waals surface area contributed by atoms with Crippen LogP contribution in [0.5, 0.6) is 0 Å². The van der Waals surface area contributed by atoms with Crippen LogP contribution in [0.2, 0.25) is 0 Å². The Labute approximate surface area is 149 Å². The highest BCUT2D eigenvalue weighted by Crippen LogP contribution is 2.12. The second kappa shape index (κ2) is 9.98. The van der Waals surface area contributed by atoms with Gasteiger partial charge in [-0.2, -0.15) is 0 Å². The lowest BCUT2D eigenvalue weighted by molar-refractivity contribution is 0.798. The first-order valence-corrected chi connectivity index (χ1v) is 9.38. The summed E-state index contributed by atoms with van der Waals surface area (Å²) in [7, 11) is 4.12. The molecule has 130 valence electrons. The Morgan fingerprint density at radius 1 is 1.08 bits per heavy atom. The molecule has 0 spiro atoms. The third-order valence-electron chi connectivity index (χ3n) is 3.71. The van der Waals surface area contributed by atoms with Crippen molar-refractivity contribution in [2.75, 3.05) is 38.6 Å². The van der Waals surface area contributed by atoms with Gasteiger partial charge in [-0.1, -0.05) is 18.2 Å². The summed E-state index contributed by atoms with van der Waals surface area (Å²) in [6, 6.07) is 13.0. The van der Waals surface area contributed by atoms with Crippen LogP contribution in [0.4, 0.5) is 5.69 Å². The van der Waals surface area contributed by atoms with E-state index < -0.39 is 0 Å². The summed E-state index contributed by atoms with van der Waals surface area (Å²) in [4.78, 5) is 8.15. The van der Waals surface area contributed by atoms with E-state index in [0.717, 1.165) is 38.4 Å². The van der Waals surface area contributed by atoms with E-state index in [9.17, 15) is 0 Å². The fourth-order valence-electron chi connectivity index (χ4n) is 2.36. The highest BCUT2D eigenvalue weighted by atomic mass is 32.1. The minimum Gasteiger partial charge on any atom is -0.378 e. The molecule has 4 nitrogen and oxygen atoms in total. The molecule has 0 unspecified atom stereocenters. The molecule has 0 saturated heterocycles. The van der Waals surface area contributed by atoms with E-state index in [1.54, 1.807) is 11.3 Å². The van der Waals surface area contributed by atoms with Crippen molar-refractivity contribution in [2.45, 2.75) is 19.8 Å². The molecule has 1 heterocycles. The molecule has 0 atom stereocenters. The number of nitrogens with one attached hydrogen (secondary N) is 2. The van der Waals surface area contributed by atoms with Crippen LogP contribution in [0.3, 0.4) is 0 Å². The largest absolute Gasteiger partial charge is 0.378 e. The molecule has 0 aliphatic heterocycles. The number of rotatable bonds is 8. The SMILES string of the molecule is CCNC(=NCCc1cccs1)NCCc1ccc(N(C)C)cc1. The highest BCUT2D eigenvalue weighted by molar-refractivity contribution is 7.09. The minimum atomic E-state index is 0.813. The van der Waals surface area contributed by atoms with Gasteiger partial charge >= 0.3 is 0 Å². The van der Waals surface area contributed by atoms with Crippen LogP contribution < -0.4 is 15.5 Å². The molecule has 24 heavy (non-hydrogen) atoms. The van der Waals surface area contributed by atoms with Crippen molar-refractivity contribution in [1.82, 2.24) is 10.6 Å². The summed E-state index contributed by atoms with van der Waals surface area (Å²) in [6.07, 6.45) is 1.99. The second-order valence-electron chi connectivity index (χ2n) is 5.83. The number of thiophene rings is 1. The molecule has 2 N–H and O–H groups in total. The van der Waals surface area contributed by atoms with Gasteiger partial charge in [-0.25, -0.2) is 0 Å². The smallest absolute Gasteiger partial charge is 0.191 e. The first-order chi connectivity index (χ1) is 11.7. The average Bonchev–Trinajstić information content (AvgIpc) is 3.09. The molecule has 2 aromatic rings. The van der Waals surface area contributed by atoms with Gasteiger partial charge < -0.3 is 15.5 Å². The Hall–Kier alpha value is -2.01. The molecule has 2 rings (SSSR count). The zero-order chi connectivity index (χ0) is 17.2. The quantitative estimate of drug-likeness (QED) is 0.571. The van der Waals surface area contributed by atoms with Gasteiger partial charge in [0.2, 0.25) is 0 Å². The van der Waals surface area contributed by atoms with Crippen molar-refractivity contribution in [1.29, 1.82) is 0 Å². The number of aliphatic imine (C=N–C) groups is 1. The Bertz CT molecular complexity index is 603. The topological polar surface area (TPSA) is 39.7 Å². The molecule has 5 heteroatoms. The summed E-state index contributed by atoms with van der Waals surface area (Å²) in [6.45, 7) is 4.67. The molecular formula is C19H28N4S. The summed E-state index contributed by atoms with van der Waals surface area (Å²) in [5, 5.41) is 8.84. The van der Waals surface area contributed by atoms with E-state index in [1.165, 1.54) is 16.1 Å². The van der Waals surface area contributed by atoms with Crippen LogP contribution in [0.25, 0.3) is 0 Å². The van der Waals surface area contributed by atoms with Crippen LogP contribution in [0.1, 0.15) is 17.4 Å². The maximum absolute atomic E-state index is 4.65. The van der Waals surface area contributed by atoms with Crippen molar-refractivity contribution in [2.24, 2.45) is 4.99 Å². The standard InChI is InChI=1S/C19H28N4S/c1-4-20-19(22-14-12-18-6-5-15-24-18)21-13-11-16-7-9-17(10-8-16)23(2)3/h5-10,15H,4,11-14H2,1-3H3,(H2,20,21,22). The van der Waals surface area contributed by atoms with Gasteiger partial charge in [-0.05, 0) is 42.5 Å². The summed E-state index contributed by atoms with van der Waals surface area (Å²) >= 11 is 1.79. The van der Waals surface area contributed by atoms with Crippen LogP contribution in [0.15, 0.2) is 46.8 Å². The lowest BCUT2D eigenvalue weighted by Gasteiger charge is -2.13. The van der Waals surface area contributed by atoms with Gasteiger partial charge in [-0.3, -0.25) is 4.99 Å². The monoisotopic (exact) mass is 344 g/mol. The maximum Gasteiger partial charge on any atom is 0.191 e. The number of guanidine groups is 1. The number of hydrogen-bond donors (Lipinski definition) is 2. The zero-order valence-electron chi connectivity index (χ0n) is 14.9. The van der Waals surface area contributed by atoms with Crippen LogP contribution >= 0.6 is 11.3 Å². The highest BCUT2D eigenvalue weighted by Gasteiger charge is 2.00. The molecule has 0 bridgehead atoms. The van der Waals surface area contributed by atoms with Crippen molar-refractivity contribution in [3.8, 4) is 0 Å². The zero-order valence-corrected chi connectivity index (χ0v) is 15.7. The summed E-state index contributed by atoms with van der Waals surface area (Å²) in [5.41, 5.74) is 2.57. The van der Waals surface area contributed by atoms with Crippen molar-refractivity contribution < 1.29 is 0 Å². The predicted octanol–water partition coefficient (Wildman–Crippen LogP) is 3.15. The second-order valence-corrected chi connectivity index (χ2v) is 6.86. The molecular weight excluding hydrogens is 316 g/mol. The fourth-order valence-corrected chi connectivity index (χ4v) is 3.06. The first kappa shape index (κ1) is 18.3. The van der Waals surface area contributed by atoms with Gasteiger partial charge in [0.25, 0.3) is 0 Å². The van der Waals surface area contributed by atoms with Crippen LogP contribution in [0, 0.1) is 0 Å². The van der Waals surface area contributed by atoms with Crippen molar-refractivity contribution >= 4 is 23.0 Å². The van der Waals surface area contributed by atoms with E-state index in [1.807, 2.05) is 0 Å². The van der Waals surface area contributed by atoms with Gasteiger partial charge in [-0.15, -0.1) is 11.3 Å². The molecule has 0 amide bonds. The molecule has 0 aliphatic rings. The maximum atomic E-state index is 4.65. The van der Waals surface area contributed by atoms with Gasteiger partial charge in [0.15, 0.2) is 5.96 Å². The van der Waals surface area contributed by atoms with Crippen molar-refractivity contribution in [3.05, 3.63) is 52.2 Å². The third kappa shape index (κ3) is 6.24. The molecule has 0 fully saturated rings. The van der Waals surface area contributed by atoms with Gasteiger partial charge in [0, 0.05) is 50.7 Å². The molecule has 0 saturated carbocycles. The number of nitrogens with zero attached hydrogens (tertiary/aromatic N) is 2. The molecule has 0 aliphatic carbocycles. The Morgan fingerprint density at radius 3 is 2.50 bits per heavy atom. The van der Waals surface area contributed by atoms with E-state index in [-0.39, 0.29) is 0 Å². The van der Waals surface area contributed by atoms with E-state index in [4.69, 9.17) is 0 Å². The van der Waals surface area contributed by atoms with E-state index in [2.05, 4.69) is 83.3 Å². The van der Waals surface area contributed by atoms with E-state index in [0.29, 0.717) is 0 Å². The fraction of sp³-hybridized carbons (Fsp3) is 0.421. The van der Waals surface area contributed by atoms with Crippen LogP contribution in [-0.4, -0.2) is 39.7 Å². The lowest BCUT2D eigenvalue weighted by atomic mass is 10.1. The Kier molecular flexibility index (Phi) is 7.62. The van der Waals surface area contributed by atoms with E-state index >= 15 is 0 Å². The Morgan fingerprint density at radius 2 is 1.88 bits per heavy atom. The first-order valence-electron chi connectivity index (χ1n) is 8.50. The number of benzene rings is 1. The normalized spacial score (nSPS) is 11.4. The predicted molar refractivity (Wildman–Crippen MR) is 106 cm³/mol. The number of anilines is 1. The van der Waals surface area contributed by atoms with Gasteiger partial charge in [0.1, 0.15) is 0 Å². The minimum absolute atomic E-state index is 0.813. The average molecular weight is 345 g/mol. The van der Waals surface area contributed by atoms with Crippen LogP contribution in [-0.2, 0) is 12.8 Å². The van der Waals surface area contributed by atoms with Gasteiger partial charge in [0.05, 0.1) is 0 Å². The number of hydrogen-bond acceptors (Lipinski definition) is 3. The molecule has 0 radical (unpaired) electrons. The van der Waals surface area contributed by atoms with Crippen molar-refractivity contribution in [3.63, 3.8) is 0 Å². The molecule has 1 aromatic carbocycles. The summed E-state index contributed by atoms with van der Waals surface area (Å²) < 4.78 is 0. The lowest BCUT2D eigenvalue weighted by Crippen LogP contribution is -2.38. The molecule has 1 aromatic heterocycles.